The maximum absolute atomic E-state index is 4.40. The minimum atomic E-state index is 1.06. The smallest absolute Gasteiger partial charge is 0.0648 e. The van der Waals surface area contributed by atoms with Crippen LogP contribution in [0.1, 0.15) is 39.1 Å². The van der Waals surface area contributed by atoms with E-state index in [0.29, 0.717) is 0 Å². The molecule has 0 N–H and O–H groups in total. The topological polar surface area (TPSA) is 17.8 Å². The molecule has 0 bridgehead atoms. The summed E-state index contributed by atoms with van der Waals surface area (Å²) in [4.78, 5) is 0. The molecule has 0 atom stereocenters. The summed E-state index contributed by atoms with van der Waals surface area (Å²) < 4.78 is 1.95. The van der Waals surface area contributed by atoms with Gasteiger partial charge in [0.2, 0.25) is 0 Å². The number of aromatic nitrogens is 2. The molecular weight excluding hydrogens is 208 g/mol. The van der Waals surface area contributed by atoms with E-state index < -0.39 is 0 Å². The zero-order valence-electron chi connectivity index (χ0n) is 11.9. The maximum Gasteiger partial charge on any atom is 0.0648 e. The summed E-state index contributed by atoms with van der Waals surface area (Å²) in [6.07, 6.45) is 0. The van der Waals surface area contributed by atoms with Gasteiger partial charge in [0.25, 0.3) is 0 Å². The van der Waals surface area contributed by atoms with Crippen LogP contribution in [-0.2, 0) is 0 Å². The molecule has 2 rings (SSSR count). The Kier molecular flexibility index (Phi) is 7.78. The van der Waals surface area contributed by atoms with E-state index in [9.17, 15) is 0 Å². The SMILES string of the molecule is CC.CC.Cc1cc(C)n(-c2ccccc2)n1. The molecule has 1 heterocycles. The largest absolute Gasteiger partial charge is 0.238 e. The Hall–Kier alpha value is -1.57. The molecule has 17 heavy (non-hydrogen) atoms. The van der Waals surface area contributed by atoms with Crippen molar-refractivity contribution < 1.29 is 0 Å². The molecule has 94 valence electrons. The highest BCUT2D eigenvalue weighted by atomic mass is 15.3. The summed E-state index contributed by atoms with van der Waals surface area (Å²) in [7, 11) is 0. The molecule has 0 fully saturated rings. The number of rotatable bonds is 1. The molecule has 0 aliphatic carbocycles. The summed E-state index contributed by atoms with van der Waals surface area (Å²) in [6.45, 7) is 12.1. The average Bonchev–Trinajstić information content (AvgIpc) is 2.74. The third kappa shape index (κ3) is 4.43. The van der Waals surface area contributed by atoms with Crippen LogP contribution in [-0.4, -0.2) is 9.78 Å². The fraction of sp³-hybridized carbons (Fsp3) is 0.400. The van der Waals surface area contributed by atoms with Crippen molar-refractivity contribution in [3.8, 4) is 5.69 Å². The van der Waals surface area contributed by atoms with Gasteiger partial charge in [-0.2, -0.15) is 5.10 Å². The Balaban J connectivity index is 0.000000581. The van der Waals surface area contributed by atoms with Gasteiger partial charge in [-0.15, -0.1) is 0 Å². The monoisotopic (exact) mass is 232 g/mol. The third-order valence-corrected chi connectivity index (χ3v) is 2.01. The van der Waals surface area contributed by atoms with Crippen molar-refractivity contribution in [2.75, 3.05) is 0 Å². The predicted octanol–water partition coefficient (Wildman–Crippen LogP) is 4.54. The van der Waals surface area contributed by atoms with Gasteiger partial charge in [0.1, 0.15) is 0 Å². The first kappa shape index (κ1) is 15.4. The van der Waals surface area contributed by atoms with Crippen molar-refractivity contribution in [2.24, 2.45) is 0 Å². The van der Waals surface area contributed by atoms with E-state index >= 15 is 0 Å². The number of hydrogen-bond donors (Lipinski definition) is 0. The van der Waals surface area contributed by atoms with E-state index in [1.54, 1.807) is 0 Å². The Morgan fingerprint density at radius 2 is 1.41 bits per heavy atom. The van der Waals surface area contributed by atoms with Crippen LogP contribution < -0.4 is 0 Å². The fourth-order valence-electron chi connectivity index (χ4n) is 1.46. The number of benzene rings is 1. The lowest BCUT2D eigenvalue weighted by Gasteiger charge is -2.02. The zero-order chi connectivity index (χ0) is 13.3. The summed E-state index contributed by atoms with van der Waals surface area (Å²) >= 11 is 0. The molecule has 2 aromatic rings. The molecular formula is C15H24N2. The minimum absolute atomic E-state index is 1.06. The summed E-state index contributed by atoms with van der Waals surface area (Å²) in [5, 5.41) is 4.40. The minimum Gasteiger partial charge on any atom is -0.238 e. The van der Waals surface area contributed by atoms with Gasteiger partial charge >= 0.3 is 0 Å². The predicted molar refractivity (Wildman–Crippen MR) is 75.7 cm³/mol. The summed E-state index contributed by atoms with van der Waals surface area (Å²) in [5.74, 6) is 0. The van der Waals surface area contributed by atoms with E-state index in [-0.39, 0.29) is 0 Å². The van der Waals surface area contributed by atoms with Crippen molar-refractivity contribution in [1.29, 1.82) is 0 Å². The third-order valence-electron chi connectivity index (χ3n) is 2.01. The van der Waals surface area contributed by atoms with Crippen LogP contribution in [0.15, 0.2) is 36.4 Å². The van der Waals surface area contributed by atoms with Gasteiger partial charge < -0.3 is 0 Å². The number of nitrogens with zero attached hydrogens (tertiary/aromatic N) is 2. The second kappa shape index (κ2) is 8.57. The lowest BCUT2D eigenvalue weighted by molar-refractivity contribution is 0.833. The first-order valence-electron chi connectivity index (χ1n) is 6.36. The Labute approximate surface area is 105 Å². The van der Waals surface area contributed by atoms with Crippen LogP contribution in [0.2, 0.25) is 0 Å². The van der Waals surface area contributed by atoms with E-state index in [4.69, 9.17) is 0 Å². The number of para-hydroxylation sites is 1. The maximum atomic E-state index is 4.40. The highest BCUT2D eigenvalue weighted by Crippen LogP contribution is 2.10. The van der Waals surface area contributed by atoms with Gasteiger partial charge in [-0.3, -0.25) is 0 Å². The number of aryl methyl sites for hydroxylation is 2. The highest BCUT2D eigenvalue weighted by molar-refractivity contribution is 5.32. The standard InChI is InChI=1S/C11H12N2.2C2H6/c1-9-8-10(2)13(12-9)11-6-4-3-5-7-11;2*1-2/h3-8H,1-2H3;2*1-2H3. The van der Waals surface area contributed by atoms with Crippen LogP contribution >= 0.6 is 0 Å². The average molecular weight is 232 g/mol. The molecule has 1 aromatic carbocycles. The normalized spacial score (nSPS) is 8.59. The number of hydrogen-bond acceptors (Lipinski definition) is 1. The van der Waals surface area contributed by atoms with Crippen LogP contribution in [0, 0.1) is 13.8 Å². The lowest BCUT2D eigenvalue weighted by atomic mass is 10.3. The molecule has 0 unspecified atom stereocenters. The quantitative estimate of drug-likeness (QED) is 0.705. The molecule has 0 aliphatic heterocycles. The van der Waals surface area contributed by atoms with E-state index in [2.05, 4.69) is 30.2 Å². The molecule has 0 saturated heterocycles. The molecule has 0 spiro atoms. The first-order valence-corrected chi connectivity index (χ1v) is 6.36. The molecule has 0 amide bonds. The molecule has 2 heteroatoms. The van der Waals surface area contributed by atoms with Gasteiger partial charge in [0, 0.05) is 5.69 Å². The first-order chi connectivity index (χ1) is 8.27. The van der Waals surface area contributed by atoms with Gasteiger partial charge in [0.05, 0.1) is 11.4 Å². The molecule has 0 aliphatic rings. The van der Waals surface area contributed by atoms with Gasteiger partial charge in [0.15, 0.2) is 0 Å². The molecule has 2 nitrogen and oxygen atoms in total. The van der Waals surface area contributed by atoms with Crippen molar-refractivity contribution >= 4 is 0 Å². The van der Waals surface area contributed by atoms with Crippen molar-refractivity contribution in [2.45, 2.75) is 41.5 Å². The Morgan fingerprint density at radius 3 is 1.82 bits per heavy atom. The van der Waals surface area contributed by atoms with Gasteiger partial charge in [-0.25, -0.2) is 4.68 Å². The van der Waals surface area contributed by atoms with Gasteiger partial charge in [-0.05, 0) is 32.0 Å². The van der Waals surface area contributed by atoms with Crippen molar-refractivity contribution in [3.63, 3.8) is 0 Å². The second-order valence-corrected chi connectivity index (χ2v) is 3.17. The van der Waals surface area contributed by atoms with Crippen molar-refractivity contribution in [1.82, 2.24) is 9.78 Å². The summed E-state index contributed by atoms with van der Waals surface area (Å²) in [6, 6.07) is 12.2. The fourth-order valence-corrected chi connectivity index (χ4v) is 1.46. The zero-order valence-corrected chi connectivity index (χ0v) is 11.9. The van der Waals surface area contributed by atoms with Crippen molar-refractivity contribution in [3.05, 3.63) is 47.8 Å². The second-order valence-electron chi connectivity index (χ2n) is 3.17. The molecule has 0 radical (unpaired) electrons. The highest BCUT2D eigenvalue weighted by Gasteiger charge is 2.01. The van der Waals surface area contributed by atoms with Gasteiger partial charge in [-0.1, -0.05) is 45.9 Å². The van der Waals surface area contributed by atoms with E-state index in [0.717, 1.165) is 11.4 Å². The van der Waals surface area contributed by atoms with Crippen LogP contribution in [0.25, 0.3) is 5.69 Å². The molecule has 1 aromatic heterocycles. The molecule has 0 saturated carbocycles. The van der Waals surface area contributed by atoms with Crippen LogP contribution in [0.4, 0.5) is 0 Å². The van der Waals surface area contributed by atoms with E-state index in [1.807, 2.05) is 57.5 Å². The summed E-state index contributed by atoms with van der Waals surface area (Å²) in [5.41, 5.74) is 3.35. The van der Waals surface area contributed by atoms with Crippen LogP contribution in [0.5, 0.6) is 0 Å². The van der Waals surface area contributed by atoms with E-state index in [1.165, 1.54) is 5.69 Å². The lowest BCUT2D eigenvalue weighted by Crippen LogP contribution is -1.97. The van der Waals surface area contributed by atoms with Crippen LogP contribution in [0.3, 0.4) is 0 Å². The Bertz CT molecular complexity index is 402. The Morgan fingerprint density at radius 1 is 0.882 bits per heavy atom.